The summed E-state index contributed by atoms with van der Waals surface area (Å²) in [6.07, 6.45) is 2.32. The van der Waals surface area contributed by atoms with Crippen molar-refractivity contribution < 1.29 is 9.84 Å². The molecular formula is C21H25ClN2O2. The van der Waals surface area contributed by atoms with Crippen molar-refractivity contribution in [2.24, 2.45) is 0 Å². The summed E-state index contributed by atoms with van der Waals surface area (Å²) in [5.74, 6) is 0.883. The van der Waals surface area contributed by atoms with Gasteiger partial charge in [0.25, 0.3) is 0 Å². The number of para-hydroxylation sites is 1. The van der Waals surface area contributed by atoms with E-state index >= 15 is 0 Å². The first-order valence-corrected chi connectivity index (χ1v) is 9.35. The molecular weight excluding hydrogens is 348 g/mol. The highest BCUT2D eigenvalue weighted by molar-refractivity contribution is 6.30. The molecule has 138 valence electrons. The van der Waals surface area contributed by atoms with Crippen LogP contribution in [0.5, 0.6) is 5.75 Å². The minimum absolute atomic E-state index is 0.221. The zero-order valence-electron chi connectivity index (χ0n) is 15.1. The Morgan fingerprint density at radius 3 is 2.81 bits per heavy atom. The van der Waals surface area contributed by atoms with Crippen molar-refractivity contribution in [2.45, 2.75) is 32.4 Å². The molecule has 4 nitrogen and oxygen atoms in total. The van der Waals surface area contributed by atoms with Crippen molar-refractivity contribution in [3.05, 3.63) is 64.8 Å². The normalized spacial score (nSPS) is 13.7. The number of rotatable bonds is 8. The van der Waals surface area contributed by atoms with E-state index in [-0.39, 0.29) is 6.04 Å². The van der Waals surface area contributed by atoms with Crippen molar-refractivity contribution in [3.8, 4) is 5.75 Å². The van der Waals surface area contributed by atoms with Crippen LogP contribution >= 0.6 is 11.6 Å². The van der Waals surface area contributed by atoms with Crippen molar-refractivity contribution in [1.29, 1.82) is 0 Å². The third-order valence-electron chi connectivity index (χ3n) is 4.48. The Hall–Kier alpha value is -2.01. The van der Waals surface area contributed by atoms with Gasteiger partial charge in [-0.15, -0.1) is 0 Å². The second kappa shape index (κ2) is 8.58. The number of aromatic amines is 1. The lowest BCUT2D eigenvalue weighted by Crippen LogP contribution is -2.32. The molecule has 3 N–H and O–H groups in total. The van der Waals surface area contributed by atoms with Gasteiger partial charge < -0.3 is 20.1 Å². The molecule has 26 heavy (non-hydrogen) atoms. The van der Waals surface area contributed by atoms with Crippen LogP contribution in [0.1, 0.15) is 31.1 Å². The first-order valence-electron chi connectivity index (χ1n) is 8.97. The molecule has 0 aliphatic rings. The van der Waals surface area contributed by atoms with E-state index in [1.807, 2.05) is 37.4 Å². The summed E-state index contributed by atoms with van der Waals surface area (Å²) in [6, 6.07) is 13.7. The minimum atomic E-state index is -0.580. The largest absolute Gasteiger partial charge is 0.492 e. The molecule has 1 aromatic heterocycles. The molecule has 0 spiro atoms. The summed E-state index contributed by atoms with van der Waals surface area (Å²) in [4.78, 5) is 3.33. The van der Waals surface area contributed by atoms with Crippen molar-refractivity contribution in [1.82, 2.24) is 10.3 Å². The van der Waals surface area contributed by atoms with E-state index in [1.165, 1.54) is 10.9 Å². The summed E-state index contributed by atoms with van der Waals surface area (Å²) < 4.78 is 5.68. The predicted molar refractivity (Wildman–Crippen MR) is 107 cm³/mol. The second-order valence-electron chi connectivity index (χ2n) is 6.51. The van der Waals surface area contributed by atoms with Gasteiger partial charge in [-0.25, -0.2) is 0 Å². The third-order valence-corrected chi connectivity index (χ3v) is 4.72. The molecule has 3 rings (SSSR count). The van der Waals surface area contributed by atoms with E-state index in [2.05, 4.69) is 23.3 Å². The molecule has 0 saturated carbocycles. The van der Waals surface area contributed by atoms with Gasteiger partial charge in [0.2, 0.25) is 0 Å². The number of aromatic nitrogens is 1. The maximum atomic E-state index is 10.3. The van der Waals surface area contributed by atoms with E-state index in [4.69, 9.17) is 16.3 Å². The molecule has 1 heterocycles. The molecule has 0 bridgehead atoms. The van der Waals surface area contributed by atoms with Crippen LogP contribution < -0.4 is 10.1 Å². The number of hydrogen-bond donors (Lipinski definition) is 3. The zero-order valence-corrected chi connectivity index (χ0v) is 15.9. The maximum absolute atomic E-state index is 10.3. The quantitative estimate of drug-likeness (QED) is 0.546. The number of aliphatic hydroxyl groups is 1. The number of fused-ring (bicyclic) bond motifs is 1. The molecule has 0 aliphatic carbocycles. The number of hydrogen-bond acceptors (Lipinski definition) is 3. The van der Waals surface area contributed by atoms with Crippen molar-refractivity contribution in [3.63, 3.8) is 0 Å². The van der Waals surface area contributed by atoms with Gasteiger partial charge in [0, 0.05) is 29.2 Å². The molecule has 0 amide bonds. The summed E-state index contributed by atoms with van der Waals surface area (Å²) in [5, 5.41) is 15.6. The highest BCUT2D eigenvalue weighted by Gasteiger charge is 2.13. The van der Waals surface area contributed by atoms with E-state index in [1.54, 1.807) is 12.1 Å². The Morgan fingerprint density at radius 2 is 2.04 bits per heavy atom. The highest BCUT2D eigenvalue weighted by Crippen LogP contribution is 2.28. The van der Waals surface area contributed by atoms with E-state index in [0.717, 1.165) is 23.3 Å². The van der Waals surface area contributed by atoms with Crippen LogP contribution in [0, 0.1) is 0 Å². The Morgan fingerprint density at radius 1 is 1.23 bits per heavy atom. The fourth-order valence-electron chi connectivity index (χ4n) is 3.18. The zero-order chi connectivity index (χ0) is 18.5. The molecule has 2 atom stereocenters. The second-order valence-corrected chi connectivity index (χ2v) is 6.95. The van der Waals surface area contributed by atoms with Gasteiger partial charge in [-0.1, -0.05) is 35.9 Å². The Bertz CT molecular complexity index is 862. The Balaban J connectivity index is 1.62. The molecule has 5 heteroatoms. The summed E-state index contributed by atoms with van der Waals surface area (Å²) in [5.41, 5.74) is 3.10. The highest BCUT2D eigenvalue weighted by atomic mass is 35.5. The first-order chi connectivity index (χ1) is 12.6. The number of H-pyrrole nitrogens is 1. The predicted octanol–water partition coefficient (Wildman–Crippen LogP) is 4.47. The third kappa shape index (κ3) is 4.39. The van der Waals surface area contributed by atoms with Crippen LogP contribution in [0.4, 0.5) is 0 Å². The monoisotopic (exact) mass is 372 g/mol. The lowest BCUT2D eigenvalue weighted by molar-refractivity contribution is 0.170. The minimum Gasteiger partial charge on any atom is -0.492 e. The Labute approximate surface area is 159 Å². The summed E-state index contributed by atoms with van der Waals surface area (Å²) >= 11 is 5.99. The van der Waals surface area contributed by atoms with E-state index in [0.29, 0.717) is 18.2 Å². The van der Waals surface area contributed by atoms with Crippen molar-refractivity contribution in [2.75, 3.05) is 13.2 Å². The molecule has 0 fully saturated rings. The van der Waals surface area contributed by atoms with Gasteiger partial charge in [0.15, 0.2) is 0 Å². The van der Waals surface area contributed by atoms with Gasteiger partial charge in [-0.3, -0.25) is 0 Å². The SMILES string of the molecule is CCOc1cccc2c(CC(C)NCC(O)c3cccc(Cl)c3)c[nH]c12. The average Bonchev–Trinajstić information content (AvgIpc) is 3.04. The molecule has 0 saturated heterocycles. The summed E-state index contributed by atoms with van der Waals surface area (Å²) in [6.45, 7) is 5.23. The number of benzene rings is 2. The number of ether oxygens (including phenoxy) is 1. The molecule has 3 aromatic rings. The van der Waals surface area contributed by atoms with E-state index in [9.17, 15) is 5.11 Å². The lowest BCUT2D eigenvalue weighted by Gasteiger charge is -2.17. The van der Waals surface area contributed by atoms with Gasteiger partial charge in [0.05, 0.1) is 18.2 Å². The average molecular weight is 373 g/mol. The lowest BCUT2D eigenvalue weighted by atomic mass is 10.0. The maximum Gasteiger partial charge on any atom is 0.143 e. The fourth-order valence-corrected chi connectivity index (χ4v) is 3.37. The van der Waals surface area contributed by atoms with Crippen LogP contribution in [0.15, 0.2) is 48.7 Å². The molecule has 0 aliphatic heterocycles. The van der Waals surface area contributed by atoms with Crippen LogP contribution in [0.25, 0.3) is 10.9 Å². The first kappa shape index (κ1) is 18.8. The van der Waals surface area contributed by atoms with Crippen LogP contribution in [-0.2, 0) is 6.42 Å². The number of aliphatic hydroxyl groups excluding tert-OH is 1. The molecule has 2 aromatic carbocycles. The van der Waals surface area contributed by atoms with Gasteiger partial charge in [-0.05, 0) is 49.6 Å². The molecule has 0 radical (unpaired) electrons. The van der Waals surface area contributed by atoms with Gasteiger partial charge in [0.1, 0.15) is 5.75 Å². The number of nitrogens with one attached hydrogen (secondary N) is 2. The van der Waals surface area contributed by atoms with Gasteiger partial charge in [-0.2, -0.15) is 0 Å². The van der Waals surface area contributed by atoms with Crippen LogP contribution in [0.2, 0.25) is 5.02 Å². The topological polar surface area (TPSA) is 57.3 Å². The summed E-state index contributed by atoms with van der Waals surface area (Å²) in [7, 11) is 0. The standard InChI is InChI=1S/C21H25ClN2O2/c1-3-26-20-9-5-8-18-16(12-24-21(18)20)10-14(2)23-13-19(25)15-6-4-7-17(22)11-15/h4-9,11-12,14,19,23-25H,3,10,13H2,1-2H3. The molecule has 2 unspecified atom stereocenters. The Kier molecular flexibility index (Phi) is 6.20. The van der Waals surface area contributed by atoms with Crippen molar-refractivity contribution >= 4 is 22.5 Å². The van der Waals surface area contributed by atoms with Gasteiger partial charge >= 0.3 is 0 Å². The van der Waals surface area contributed by atoms with Crippen LogP contribution in [0.3, 0.4) is 0 Å². The smallest absolute Gasteiger partial charge is 0.143 e. The van der Waals surface area contributed by atoms with Crippen LogP contribution in [-0.4, -0.2) is 29.3 Å². The fraction of sp³-hybridized carbons (Fsp3) is 0.333. The van der Waals surface area contributed by atoms with E-state index < -0.39 is 6.10 Å². The number of halogens is 1.